The number of carbonyl (C=O) groups excluding carboxylic acids is 1. The molecule has 1 aliphatic carbocycles. The minimum absolute atomic E-state index is 0.0534. The highest BCUT2D eigenvalue weighted by Gasteiger charge is 2.35. The molecule has 0 bridgehead atoms. The van der Waals surface area contributed by atoms with Crippen LogP contribution in [0.1, 0.15) is 41.7 Å². The van der Waals surface area contributed by atoms with Crippen molar-refractivity contribution < 1.29 is 23.1 Å². The fourth-order valence-corrected chi connectivity index (χ4v) is 2.38. The SMILES string of the molecule is O=C(NC1(CO)CCCC1)c1ccc(C(F)(F)F)nc1. The normalized spacial score (nSPS) is 18.0. The third-order valence-electron chi connectivity index (χ3n) is 3.56. The zero-order valence-electron chi connectivity index (χ0n) is 10.7. The van der Waals surface area contributed by atoms with Crippen molar-refractivity contribution >= 4 is 5.91 Å². The van der Waals surface area contributed by atoms with Crippen LogP contribution in [0.3, 0.4) is 0 Å². The molecule has 1 heterocycles. The molecule has 1 aliphatic rings. The van der Waals surface area contributed by atoms with Crippen molar-refractivity contribution in [3.8, 4) is 0 Å². The summed E-state index contributed by atoms with van der Waals surface area (Å²) >= 11 is 0. The van der Waals surface area contributed by atoms with Crippen molar-refractivity contribution in [3.63, 3.8) is 0 Å². The molecule has 20 heavy (non-hydrogen) atoms. The van der Waals surface area contributed by atoms with Crippen LogP contribution >= 0.6 is 0 Å². The number of halogens is 3. The highest BCUT2D eigenvalue weighted by molar-refractivity contribution is 5.94. The number of rotatable bonds is 3. The Hall–Kier alpha value is -1.63. The van der Waals surface area contributed by atoms with Gasteiger partial charge in [0.25, 0.3) is 5.91 Å². The van der Waals surface area contributed by atoms with Crippen molar-refractivity contribution in [2.24, 2.45) is 0 Å². The van der Waals surface area contributed by atoms with Gasteiger partial charge in [-0.25, -0.2) is 0 Å². The van der Waals surface area contributed by atoms with E-state index in [-0.39, 0.29) is 12.2 Å². The molecule has 0 atom stereocenters. The first-order chi connectivity index (χ1) is 9.36. The molecule has 0 saturated heterocycles. The van der Waals surface area contributed by atoms with Gasteiger partial charge in [0.1, 0.15) is 5.69 Å². The van der Waals surface area contributed by atoms with E-state index in [0.717, 1.165) is 31.2 Å². The Morgan fingerprint density at radius 2 is 2.00 bits per heavy atom. The summed E-state index contributed by atoms with van der Waals surface area (Å²) in [6.45, 7) is -0.174. The van der Waals surface area contributed by atoms with Crippen LogP contribution < -0.4 is 5.32 Å². The molecular formula is C13H15F3N2O2. The summed E-state index contributed by atoms with van der Waals surface area (Å²) in [6, 6.07) is 1.86. The first-order valence-corrected chi connectivity index (χ1v) is 6.33. The molecule has 0 aliphatic heterocycles. The Balaban J connectivity index is 2.10. The minimum atomic E-state index is -4.52. The van der Waals surface area contributed by atoms with Gasteiger partial charge in [0.2, 0.25) is 0 Å². The molecule has 110 valence electrons. The minimum Gasteiger partial charge on any atom is -0.394 e. The lowest BCUT2D eigenvalue weighted by Gasteiger charge is -2.27. The number of aromatic nitrogens is 1. The smallest absolute Gasteiger partial charge is 0.394 e. The zero-order valence-corrected chi connectivity index (χ0v) is 10.7. The number of aliphatic hydroxyl groups is 1. The van der Waals surface area contributed by atoms with Crippen molar-refractivity contribution in [1.29, 1.82) is 0 Å². The van der Waals surface area contributed by atoms with Gasteiger partial charge in [-0.1, -0.05) is 12.8 Å². The average molecular weight is 288 g/mol. The second-order valence-electron chi connectivity index (χ2n) is 5.03. The van der Waals surface area contributed by atoms with Gasteiger partial charge in [0, 0.05) is 6.20 Å². The van der Waals surface area contributed by atoms with Gasteiger partial charge >= 0.3 is 6.18 Å². The van der Waals surface area contributed by atoms with Crippen LogP contribution in [0.5, 0.6) is 0 Å². The summed E-state index contributed by atoms with van der Waals surface area (Å²) in [7, 11) is 0. The Labute approximate surface area is 114 Å². The fourth-order valence-electron chi connectivity index (χ4n) is 2.38. The van der Waals surface area contributed by atoms with Gasteiger partial charge in [-0.3, -0.25) is 9.78 Å². The number of alkyl halides is 3. The molecule has 0 aromatic carbocycles. The maximum Gasteiger partial charge on any atom is 0.433 e. The summed E-state index contributed by atoms with van der Waals surface area (Å²) in [5.41, 5.74) is -1.63. The lowest BCUT2D eigenvalue weighted by molar-refractivity contribution is -0.141. The molecule has 0 unspecified atom stereocenters. The molecule has 2 N–H and O–H groups in total. The van der Waals surface area contributed by atoms with E-state index in [1.54, 1.807) is 0 Å². The zero-order chi connectivity index (χ0) is 14.8. The van der Waals surface area contributed by atoms with Gasteiger partial charge in [0.15, 0.2) is 0 Å². The maximum absolute atomic E-state index is 12.4. The Kier molecular flexibility index (Phi) is 3.99. The molecule has 7 heteroatoms. The van der Waals surface area contributed by atoms with Crippen LogP contribution in [0, 0.1) is 0 Å². The summed E-state index contributed by atoms with van der Waals surface area (Å²) < 4.78 is 37.1. The Morgan fingerprint density at radius 1 is 1.35 bits per heavy atom. The van der Waals surface area contributed by atoms with Gasteiger partial charge in [0.05, 0.1) is 17.7 Å². The van der Waals surface area contributed by atoms with Crippen LogP contribution in [-0.4, -0.2) is 28.1 Å². The summed E-state index contributed by atoms with van der Waals surface area (Å²) in [6.07, 6.45) is -0.463. The molecule has 4 nitrogen and oxygen atoms in total. The maximum atomic E-state index is 12.4. The van der Waals surface area contributed by atoms with Crippen molar-refractivity contribution in [3.05, 3.63) is 29.6 Å². The average Bonchev–Trinajstić information content (AvgIpc) is 2.87. The summed E-state index contributed by atoms with van der Waals surface area (Å²) in [4.78, 5) is 15.2. The first-order valence-electron chi connectivity index (χ1n) is 6.33. The largest absolute Gasteiger partial charge is 0.433 e. The van der Waals surface area contributed by atoms with Gasteiger partial charge < -0.3 is 10.4 Å². The number of hydrogen-bond donors (Lipinski definition) is 2. The molecule has 0 radical (unpaired) electrons. The van der Waals surface area contributed by atoms with Crippen LogP contribution in [0.4, 0.5) is 13.2 Å². The van der Waals surface area contributed by atoms with E-state index in [9.17, 15) is 23.1 Å². The topological polar surface area (TPSA) is 62.2 Å². The van der Waals surface area contributed by atoms with Crippen LogP contribution in [0.2, 0.25) is 0 Å². The summed E-state index contributed by atoms with van der Waals surface area (Å²) in [5.74, 6) is -0.512. The lowest BCUT2D eigenvalue weighted by atomic mass is 9.98. The van der Waals surface area contributed by atoms with Gasteiger partial charge in [-0.2, -0.15) is 13.2 Å². The molecule has 2 rings (SSSR count). The van der Waals surface area contributed by atoms with Crippen LogP contribution in [-0.2, 0) is 6.18 Å². The molecule has 1 amide bonds. The molecular weight excluding hydrogens is 273 g/mol. The second kappa shape index (κ2) is 5.40. The highest BCUT2D eigenvalue weighted by Crippen LogP contribution is 2.30. The van der Waals surface area contributed by atoms with E-state index in [4.69, 9.17) is 0 Å². The third-order valence-corrected chi connectivity index (χ3v) is 3.56. The predicted molar refractivity (Wildman–Crippen MR) is 65.0 cm³/mol. The number of aliphatic hydroxyl groups excluding tert-OH is 1. The number of amides is 1. The number of carbonyl (C=O) groups is 1. The van der Waals surface area contributed by atoms with Crippen LogP contribution in [0.15, 0.2) is 18.3 Å². The van der Waals surface area contributed by atoms with Crippen molar-refractivity contribution in [2.75, 3.05) is 6.61 Å². The molecule has 0 spiro atoms. The van der Waals surface area contributed by atoms with E-state index >= 15 is 0 Å². The molecule has 1 saturated carbocycles. The van der Waals surface area contributed by atoms with E-state index in [2.05, 4.69) is 10.3 Å². The second-order valence-corrected chi connectivity index (χ2v) is 5.03. The Morgan fingerprint density at radius 3 is 2.45 bits per heavy atom. The molecule has 1 fully saturated rings. The quantitative estimate of drug-likeness (QED) is 0.895. The van der Waals surface area contributed by atoms with E-state index in [1.807, 2.05) is 0 Å². The molecule has 1 aromatic rings. The first kappa shape index (κ1) is 14.8. The van der Waals surface area contributed by atoms with E-state index < -0.39 is 23.3 Å². The number of nitrogens with zero attached hydrogens (tertiary/aromatic N) is 1. The monoisotopic (exact) mass is 288 g/mol. The Bertz CT molecular complexity index is 479. The number of hydrogen-bond acceptors (Lipinski definition) is 3. The van der Waals surface area contributed by atoms with Gasteiger partial charge in [-0.05, 0) is 25.0 Å². The highest BCUT2D eigenvalue weighted by atomic mass is 19.4. The lowest BCUT2D eigenvalue weighted by Crippen LogP contribution is -2.49. The standard InChI is InChI=1S/C13H15F3N2O2/c14-13(15,16)10-4-3-9(7-17-10)11(20)18-12(8-19)5-1-2-6-12/h3-4,7,19H,1-2,5-6,8H2,(H,18,20). The third kappa shape index (κ3) is 3.09. The number of nitrogens with one attached hydrogen (secondary N) is 1. The van der Waals surface area contributed by atoms with E-state index in [0.29, 0.717) is 12.8 Å². The molecule has 1 aromatic heterocycles. The van der Waals surface area contributed by atoms with Crippen molar-refractivity contribution in [2.45, 2.75) is 37.4 Å². The number of pyridine rings is 1. The fraction of sp³-hybridized carbons (Fsp3) is 0.538. The van der Waals surface area contributed by atoms with Crippen LogP contribution in [0.25, 0.3) is 0 Å². The predicted octanol–water partition coefficient (Wildman–Crippen LogP) is 2.14. The summed E-state index contributed by atoms with van der Waals surface area (Å²) in [5, 5.41) is 12.1. The van der Waals surface area contributed by atoms with Gasteiger partial charge in [-0.15, -0.1) is 0 Å². The van der Waals surface area contributed by atoms with Crippen molar-refractivity contribution in [1.82, 2.24) is 10.3 Å². The van der Waals surface area contributed by atoms with E-state index in [1.165, 1.54) is 0 Å².